The number of rotatable bonds is 3. The van der Waals surface area contributed by atoms with Crippen molar-refractivity contribution >= 4 is 22.9 Å². The molecule has 0 aliphatic rings. The molecule has 0 amide bonds. The maximum Gasteiger partial charge on any atom is 0.259 e. The van der Waals surface area contributed by atoms with Gasteiger partial charge in [-0.1, -0.05) is 30.3 Å². The molecule has 134 valence electrons. The van der Waals surface area contributed by atoms with Crippen molar-refractivity contribution < 1.29 is 11.0 Å². The van der Waals surface area contributed by atoms with Crippen molar-refractivity contribution in [3.05, 3.63) is 77.2 Å². The van der Waals surface area contributed by atoms with Crippen molar-refractivity contribution in [3.63, 3.8) is 0 Å². The van der Waals surface area contributed by atoms with Crippen LogP contribution in [0.15, 0.2) is 76.6 Å². The van der Waals surface area contributed by atoms with Gasteiger partial charge in [0.15, 0.2) is 0 Å². The molecule has 0 radical (unpaired) electrons. The van der Waals surface area contributed by atoms with Crippen LogP contribution in [0.2, 0.25) is 0 Å². The maximum atomic E-state index is 12.4. The second-order valence-corrected chi connectivity index (χ2v) is 6.01. The number of nitrogens with two attached hydrogens (primary N) is 1. The van der Waals surface area contributed by atoms with Crippen molar-refractivity contribution in [2.24, 2.45) is 5.14 Å². The number of aromatic amines is 1. The number of aromatic nitrogens is 3. The minimum atomic E-state index is -0.151. The molecule has 2 aromatic carbocycles. The van der Waals surface area contributed by atoms with Crippen molar-refractivity contribution in [2.75, 3.05) is 0 Å². The number of pyridine rings is 1. The molecule has 0 aliphatic heterocycles. The number of nitrogens with one attached hydrogen (secondary N) is 1. The first kappa shape index (κ1) is 19.4. The highest BCUT2D eigenvalue weighted by molar-refractivity contribution is 7.97. The summed E-state index contributed by atoms with van der Waals surface area (Å²) in [6, 6.07) is 19.3. The van der Waals surface area contributed by atoms with Crippen LogP contribution < -0.4 is 10.7 Å². The van der Waals surface area contributed by atoms with Gasteiger partial charge in [0.05, 0.1) is 16.6 Å². The van der Waals surface area contributed by atoms with Crippen LogP contribution >= 0.6 is 11.9 Å². The van der Waals surface area contributed by atoms with E-state index < -0.39 is 0 Å². The smallest absolute Gasteiger partial charge is 0.259 e. The Morgan fingerprint density at radius 1 is 0.962 bits per heavy atom. The highest BCUT2D eigenvalue weighted by atomic mass is 32.2. The van der Waals surface area contributed by atoms with Crippen molar-refractivity contribution in [1.29, 1.82) is 0 Å². The number of nitrogens with zero attached hydrogens (tertiary/aromatic N) is 2. The van der Waals surface area contributed by atoms with Gasteiger partial charge < -0.3 is 15.9 Å². The van der Waals surface area contributed by atoms with Gasteiger partial charge >= 0.3 is 0 Å². The predicted molar refractivity (Wildman–Crippen MR) is 104 cm³/mol. The van der Waals surface area contributed by atoms with Crippen LogP contribution in [0.5, 0.6) is 0 Å². The summed E-state index contributed by atoms with van der Waals surface area (Å²) in [5, 5.41) is 10.9. The van der Waals surface area contributed by atoms with E-state index in [0.29, 0.717) is 11.1 Å². The van der Waals surface area contributed by atoms with Crippen LogP contribution in [0.4, 0.5) is 0 Å². The first-order valence-electron chi connectivity index (χ1n) is 7.41. The molecule has 0 spiro atoms. The van der Waals surface area contributed by atoms with Gasteiger partial charge in [-0.3, -0.25) is 9.93 Å². The van der Waals surface area contributed by atoms with Crippen LogP contribution in [-0.2, 0) is 0 Å². The molecular formula is C18H18N4O3S. The second kappa shape index (κ2) is 7.98. The Hall–Kier alpha value is -2.91. The van der Waals surface area contributed by atoms with Crippen LogP contribution in [-0.4, -0.2) is 25.7 Å². The van der Waals surface area contributed by atoms with Gasteiger partial charge in [0, 0.05) is 16.7 Å². The van der Waals surface area contributed by atoms with Gasteiger partial charge in [-0.15, -0.1) is 0 Å². The third kappa shape index (κ3) is 3.26. The summed E-state index contributed by atoms with van der Waals surface area (Å²) in [4.78, 5) is 16.1. The van der Waals surface area contributed by atoms with E-state index in [0.717, 1.165) is 21.7 Å². The quantitative estimate of drug-likeness (QED) is 0.530. The van der Waals surface area contributed by atoms with Crippen molar-refractivity contribution in [1.82, 2.24) is 14.8 Å². The Balaban J connectivity index is 0.00000121. The second-order valence-electron chi connectivity index (χ2n) is 5.31. The third-order valence-corrected chi connectivity index (χ3v) is 4.41. The molecule has 2 aromatic heterocycles. The molecule has 0 saturated heterocycles. The summed E-state index contributed by atoms with van der Waals surface area (Å²) in [5.41, 5.74) is 3.07. The first-order chi connectivity index (χ1) is 11.8. The fourth-order valence-corrected chi connectivity index (χ4v) is 3.03. The Kier molecular flexibility index (Phi) is 5.96. The van der Waals surface area contributed by atoms with Crippen LogP contribution in [0.25, 0.3) is 27.8 Å². The van der Waals surface area contributed by atoms with Gasteiger partial charge in [-0.25, -0.2) is 4.68 Å². The minimum absolute atomic E-state index is 0. The summed E-state index contributed by atoms with van der Waals surface area (Å²) in [6.45, 7) is 0. The molecule has 0 aliphatic carbocycles. The molecule has 0 unspecified atom stereocenters. The highest BCUT2D eigenvalue weighted by Gasteiger charge is 2.16. The largest absolute Gasteiger partial charge is 0.412 e. The lowest BCUT2D eigenvalue weighted by atomic mass is 10.1. The molecule has 0 atom stereocenters. The topological polar surface area (TPSA) is 140 Å². The molecule has 7 N–H and O–H groups in total. The van der Waals surface area contributed by atoms with E-state index >= 15 is 0 Å². The Morgan fingerprint density at radius 3 is 2.31 bits per heavy atom. The Labute approximate surface area is 153 Å². The molecule has 4 aromatic rings. The number of H-pyrrole nitrogens is 1. The van der Waals surface area contributed by atoms with Crippen molar-refractivity contribution in [2.45, 2.75) is 4.90 Å². The summed E-state index contributed by atoms with van der Waals surface area (Å²) in [7, 11) is 0. The van der Waals surface area contributed by atoms with Gasteiger partial charge in [-0.2, -0.15) is 5.10 Å². The molecule has 0 fully saturated rings. The third-order valence-electron chi connectivity index (χ3n) is 3.87. The summed E-state index contributed by atoms with van der Waals surface area (Å²) in [5.74, 6) is 0. The molecule has 26 heavy (non-hydrogen) atoms. The molecule has 2 heterocycles. The van der Waals surface area contributed by atoms with E-state index in [1.54, 1.807) is 10.9 Å². The fourth-order valence-electron chi connectivity index (χ4n) is 2.74. The fraction of sp³-hybridized carbons (Fsp3) is 0. The average Bonchev–Trinajstić information content (AvgIpc) is 3.04. The zero-order valence-electron chi connectivity index (χ0n) is 13.6. The van der Waals surface area contributed by atoms with Gasteiger partial charge in [0.25, 0.3) is 5.56 Å². The molecule has 4 rings (SSSR count). The molecular weight excluding hydrogens is 352 g/mol. The van der Waals surface area contributed by atoms with Crippen LogP contribution in [0.1, 0.15) is 0 Å². The lowest BCUT2D eigenvalue weighted by molar-refractivity contribution is 0.823. The van der Waals surface area contributed by atoms with Gasteiger partial charge in [0.1, 0.15) is 5.69 Å². The zero-order chi connectivity index (χ0) is 16.5. The summed E-state index contributed by atoms with van der Waals surface area (Å²) >= 11 is 1.19. The van der Waals surface area contributed by atoms with E-state index in [1.165, 1.54) is 11.9 Å². The normalized spacial score (nSPS) is 10.2. The highest BCUT2D eigenvalue weighted by Crippen LogP contribution is 2.28. The van der Waals surface area contributed by atoms with Crippen LogP contribution in [0, 0.1) is 0 Å². The molecule has 8 heteroatoms. The van der Waals surface area contributed by atoms with E-state index in [2.05, 4.69) is 4.98 Å². The number of fused-ring (bicyclic) bond motifs is 1. The molecule has 7 nitrogen and oxygen atoms in total. The molecule has 0 bridgehead atoms. The minimum Gasteiger partial charge on any atom is -0.412 e. The zero-order valence-corrected chi connectivity index (χ0v) is 14.5. The van der Waals surface area contributed by atoms with Crippen molar-refractivity contribution in [3.8, 4) is 16.9 Å². The lowest BCUT2D eigenvalue weighted by Gasteiger charge is -2.02. The monoisotopic (exact) mass is 370 g/mol. The van der Waals surface area contributed by atoms with E-state index in [4.69, 9.17) is 10.2 Å². The average molecular weight is 370 g/mol. The van der Waals surface area contributed by atoms with Gasteiger partial charge in [0.2, 0.25) is 0 Å². The number of benzene rings is 2. The number of hydrogen-bond donors (Lipinski definition) is 2. The Morgan fingerprint density at radius 2 is 1.65 bits per heavy atom. The number of para-hydroxylation sites is 1. The van der Waals surface area contributed by atoms with E-state index in [9.17, 15) is 4.79 Å². The summed E-state index contributed by atoms with van der Waals surface area (Å²) in [6.07, 6.45) is 1.64. The first-order valence-corrected chi connectivity index (χ1v) is 8.29. The van der Waals surface area contributed by atoms with Gasteiger partial charge in [-0.05, 0) is 42.3 Å². The molecule has 0 saturated carbocycles. The SMILES string of the molecule is NSc1ccc(-c2nn(-c3ccccc3)c3cc[nH]c(=O)c23)cc1.O.O. The lowest BCUT2D eigenvalue weighted by Crippen LogP contribution is -2.04. The van der Waals surface area contributed by atoms with Crippen LogP contribution in [0.3, 0.4) is 0 Å². The predicted octanol–water partition coefficient (Wildman–Crippen LogP) is 1.70. The maximum absolute atomic E-state index is 12.4. The number of hydrogen-bond acceptors (Lipinski definition) is 4. The van der Waals surface area contributed by atoms with E-state index in [1.807, 2.05) is 60.7 Å². The summed E-state index contributed by atoms with van der Waals surface area (Å²) < 4.78 is 1.80. The Bertz CT molecular complexity index is 1060. The van der Waals surface area contributed by atoms with E-state index in [-0.39, 0.29) is 16.5 Å². The standard InChI is InChI=1S/C18H14N4OS.2H2O/c19-24-14-8-6-12(7-9-14)17-16-15(10-11-20-18(16)23)22(21-17)13-4-2-1-3-5-13;;/h1-11H,19H2,(H,20,23);2*1H2.